The summed E-state index contributed by atoms with van der Waals surface area (Å²) in [5, 5.41) is 6.71. The zero-order valence-corrected chi connectivity index (χ0v) is 14.8. The highest BCUT2D eigenvalue weighted by Crippen LogP contribution is 2.10. The van der Waals surface area contributed by atoms with E-state index >= 15 is 0 Å². The maximum absolute atomic E-state index is 5.39. The lowest BCUT2D eigenvalue weighted by molar-refractivity contribution is 0.326. The number of guanidine groups is 1. The molecule has 0 aliphatic heterocycles. The van der Waals surface area contributed by atoms with E-state index in [0.717, 1.165) is 24.4 Å². The Balaban J connectivity index is 0.00000220. The molecule has 0 bridgehead atoms. The molecule has 0 spiro atoms. The molecule has 2 rings (SSSR count). The maximum atomic E-state index is 5.39. The van der Waals surface area contributed by atoms with Crippen LogP contribution in [0.2, 0.25) is 0 Å². The molecule has 5 nitrogen and oxygen atoms in total. The Hall–Kier alpha value is -1.31. The minimum Gasteiger partial charge on any atom is -0.478 e. The second-order valence-electron chi connectivity index (χ2n) is 4.65. The molecule has 0 aromatic carbocycles. The fraction of sp³-hybridized carbons (Fsp3) is 0.467. The smallest absolute Gasteiger partial charge is 0.213 e. The van der Waals surface area contributed by atoms with Gasteiger partial charge in [0.25, 0.3) is 0 Å². The number of aromatic nitrogens is 1. The summed E-state index contributed by atoms with van der Waals surface area (Å²) in [5.74, 6) is 1.49. The number of halogens is 1. The van der Waals surface area contributed by atoms with Crippen molar-refractivity contribution < 1.29 is 4.74 Å². The second kappa shape index (κ2) is 9.59. The standard InChI is InChI=1S/C15H22N4O.HI/c1-3-20-14-10-12(8-9-17-14)11-18-15(16-2)19-13-6-4-5-7-13;/h4-5,8-10,13H,3,6-7,11H2,1-2H3,(H2,16,18,19);1H. The Labute approximate surface area is 143 Å². The van der Waals surface area contributed by atoms with Gasteiger partial charge in [-0.25, -0.2) is 4.98 Å². The van der Waals surface area contributed by atoms with Gasteiger partial charge in [0, 0.05) is 31.9 Å². The molecule has 1 heterocycles. The van der Waals surface area contributed by atoms with Crippen molar-refractivity contribution in [1.82, 2.24) is 15.6 Å². The van der Waals surface area contributed by atoms with Gasteiger partial charge in [0.2, 0.25) is 5.88 Å². The van der Waals surface area contributed by atoms with E-state index in [2.05, 4.69) is 32.8 Å². The normalized spacial score (nSPS) is 14.7. The number of nitrogens with one attached hydrogen (secondary N) is 2. The highest BCUT2D eigenvalue weighted by molar-refractivity contribution is 14.0. The van der Waals surface area contributed by atoms with Crippen molar-refractivity contribution in [2.24, 2.45) is 4.99 Å². The molecule has 2 N–H and O–H groups in total. The second-order valence-corrected chi connectivity index (χ2v) is 4.65. The van der Waals surface area contributed by atoms with Crippen LogP contribution in [0.3, 0.4) is 0 Å². The van der Waals surface area contributed by atoms with Gasteiger partial charge in [-0.15, -0.1) is 24.0 Å². The van der Waals surface area contributed by atoms with Crippen molar-refractivity contribution >= 4 is 29.9 Å². The number of aliphatic imine (C=N–C) groups is 1. The van der Waals surface area contributed by atoms with Crippen molar-refractivity contribution in [3.8, 4) is 5.88 Å². The Morgan fingerprint density at radius 1 is 1.43 bits per heavy atom. The van der Waals surface area contributed by atoms with Crippen LogP contribution < -0.4 is 15.4 Å². The van der Waals surface area contributed by atoms with E-state index in [1.807, 2.05) is 19.1 Å². The van der Waals surface area contributed by atoms with Crippen LogP contribution >= 0.6 is 24.0 Å². The lowest BCUT2D eigenvalue weighted by atomic mass is 10.2. The van der Waals surface area contributed by atoms with Gasteiger partial charge in [-0.3, -0.25) is 4.99 Å². The monoisotopic (exact) mass is 402 g/mol. The van der Waals surface area contributed by atoms with E-state index in [1.165, 1.54) is 0 Å². The van der Waals surface area contributed by atoms with Crippen LogP contribution in [0.5, 0.6) is 5.88 Å². The van der Waals surface area contributed by atoms with Crippen molar-refractivity contribution in [3.05, 3.63) is 36.0 Å². The Kier molecular flexibility index (Phi) is 8.11. The molecule has 6 heteroatoms. The third kappa shape index (κ3) is 5.91. The summed E-state index contributed by atoms with van der Waals surface area (Å²) >= 11 is 0. The molecule has 1 aromatic rings. The zero-order chi connectivity index (χ0) is 14.2. The average Bonchev–Trinajstić information content (AvgIpc) is 2.97. The first kappa shape index (κ1) is 17.7. The molecule has 0 saturated heterocycles. The number of pyridine rings is 1. The van der Waals surface area contributed by atoms with Crippen LogP contribution in [0.15, 0.2) is 35.5 Å². The van der Waals surface area contributed by atoms with Gasteiger partial charge in [-0.05, 0) is 31.4 Å². The molecule has 21 heavy (non-hydrogen) atoms. The van der Waals surface area contributed by atoms with Gasteiger partial charge in [0.05, 0.1) is 6.61 Å². The minimum absolute atomic E-state index is 0. The highest BCUT2D eigenvalue weighted by atomic mass is 127. The number of nitrogens with zero attached hydrogens (tertiary/aromatic N) is 2. The summed E-state index contributed by atoms with van der Waals surface area (Å²) < 4.78 is 5.39. The minimum atomic E-state index is 0. The number of hydrogen-bond acceptors (Lipinski definition) is 3. The molecule has 116 valence electrons. The third-order valence-electron chi connectivity index (χ3n) is 3.12. The fourth-order valence-corrected chi connectivity index (χ4v) is 2.10. The molecule has 0 radical (unpaired) electrons. The molecular formula is C15H23IN4O. The molecule has 0 amide bonds. The van der Waals surface area contributed by atoms with E-state index in [4.69, 9.17) is 4.74 Å². The molecule has 0 fully saturated rings. The van der Waals surface area contributed by atoms with E-state index in [9.17, 15) is 0 Å². The first-order chi connectivity index (χ1) is 9.81. The predicted octanol–water partition coefficient (Wildman–Crippen LogP) is 2.48. The lowest BCUT2D eigenvalue weighted by Crippen LogP contribution is -2.42. The SMILES string of the molecule is CCOc1cc(CNC(=NC)NC2CC=CC2)ccn1.I. The molecule has 1 aliphatic carbocycles. The van der Waals surface area contributed by atoms with Crippen LogP contribution in [0.4, 0.5) is 0 Å². The van der Waals surface area contributed by atoms with Crippen LogP contribution in [-0.4, -0.2) is 30.6 Å². The molecular weight excluding hydrogens is 379 g/mol. The molecule has 0 unspecified atom stereocenters. The quantitative estimate of drug-likeness (QED) is 0.344. The van der Waals surface area contributed by atoms with E-state index in [1.54, 1.807) is 13.2 Å². The van der Waals surface area contributed by atoms with Gasteiger partial charge >= 0.3 is 0 Å². The molecule has 0 atom stereocenters. The van der Waals surface area contributed by atoms with Crippen molar-refractivity contribution in [1.29, 1.82) is 0 Å². The van der Waals surface area contributed by atoms with Gasteiger partial charge < -0.3 is 15.4 Å². The predicted molar refractivity (Wildman–Crippen MR) is 96.3 cm³/mol. The van der Waals surface area contributed by atoms with Crippen LogP contribution in [0, 0.1) is 0 Å². The van der Waals surface area contributed by atoms with Crippen molar-refractivity contribution in [2.45, 2.75) is 32.4 Å². The molecule has 1 aliphatic rings. The number of hydrogen-bond donors (Lipinski definition) is 2. The number of ether oxygens (including phenoxy) is 1. The van der Waals surface area contributed by atoms with Gasteiger partial charge in [0.1, 0.15) is 0 Å². The Morgan fingerprint density at radius 2 is 2.19 bits per heavy atom. The van der Waals surface area contributed by atoms with Crippen molar-refractivity contribution in [2.75, 3.05) is 13.7 Å². The largest absolute Gasteiger partial charge is 0.478 e. The zero-order valence-electron chi connectivity index (χ0n) is 12.5. The molecule has 0 saturated carbocycles. The summed E-state index contributed by atoms with van der Waals surface area (Å²) in [5.41, 5.74) is 1.12. The first-order valence-corrected chi connectivity index (χ1v) is 7.01. The highest BCUT2D eigenvalue weighted by Gasteiger charge is 2.11. The summed E-state index contributed by atoms with van der Waals surface area (Å²) in [6, 6.07) is 4.37. The van der Waals surface area contributed by atoms with Crippen LogP contribution in [0.25, 0.3) is 0 Å². The average molecular weight is 402 g/mol. The van der Waals surface area contributed by atoms with Crippen LogP contribution in [-0.2, 0) is 6.54 Å². The van der Waals surface area contributed by atoms with Crippen molar-refractivity contribution in [3.63, 3.8) is 0 Å². The van der Waals surface area contributed by atoms with Gasteiger partial charge in [-0.2, -0.15) is 0 Å². The maximum Gasteiger partial charge on any atom is 0.213 e. The summed E-state index contributed by atoms with van der Waals surface area (Å²) in [4.78, 5) is 8.40. The fourth-order valence-electron chi connectivity index (χ4n) is 2.10. The first-order valence-electron chi connectivity index (χ1n) is 7.01. The topological polar surface area (TPSA) is 58.5 Å². The van der Waals surface area contributed by atoms with Gasteiger partial charge in [0.15, 0.2) is 5.96 Å². The lowest BCUT2D eigenvalue weighted by Gasteiger charge is -2.17. The van der Waals surface area contributed by atoms with E-state index in [0.29, 0.717) is 25.1 Å². The molecule has 1 aromatic heterocycles. The third-order valence-corrected chi connectivity index (χ3v) is 3.12. The summed E-state index contributed by atoms with van der Waals surface area (Å²) in [7, 11) is 1.79. The van der Waals surface area contributed by atoms with Crippen LogP contribution in [0.1, 0.15) is 25.3 Å². The van der Waals surface area contributed by atoms with E-state index < -0.39 is 0 Å². The summed E-state index contributed by atoms with van der Waals surface area (Å²) in [6.07, 6.45) is 8.28. The Morgan fingerprint density at radius 3 is 2.86 bits per heavy atom. The van der Waals surface area contributed by atoms with Gasteiger partial charge in [-0.1, -0.05) is 12.2 Å². The number of rotatable bonds is 5. The van der Waals surface area contributed by atoms with E-state index in [-0.39, 0.29) is 24.0 Å². The summed E-state index contributed by atoms with van der Waals surface area (Å²) in [6.45, 7) is 3.28. The Bertz CT molecular complexity index is 482.